The number of fused-ring (bicyclic) bond motifs is 1. The van der Waals surface area contributed by atoms with Gasteiger partial charge in [-0.2, -0.15) is 10.4 Å². The maximum atomic E-state index is 12.8. The predicted molar refractivity (Wildman–Crippen MR) is 118 cm³/mol. The van der Waals surface area contributed by atoms with E-state index < -0.39 is 5.97 Å². The van der Waals surface area contributed by atoms with Crippen molar-refractivity contribution in [2.24, 2.45) is 0 Å². The van der Waals surface area contributed by atoms with Crippen LogP contribution in [0.2, 0.25) is 0 Å². The number of aromatic nitrogens is 4. The summed E-state index contributed by atoms with van der Waals surface area (Å²) in [4.78, 5) is 29.5. The molecule has 4 aromatic rings. The molecule has 0 aliphatic heterocycles. The smallest absolute Gasteiger partial charge is 0.340 e. The fourth-order valence-corrected chi connectivity index (χ4v) is 3.61. The molecule has 0 aliphatic rings. The number of rotatable bonds is 7. The van der Waals surface area contributed by atoms with Crippen LogP contribution in [0.3, 0.4) is 0 Å². The maximum Gasteiger partial charge on any atom is 0.340 e. The Kier molecular flexibility index (Phi) is 5.81. The van der Waals surface area contributed by atoms with Gasteiger partial charge in [-0.05, 0) is 38.1 Å². The first kappa shape index (κ1) is 21.0. The molecule has 32 heavy (non-hydrogen) atoms. The van der Waals surface area contributed by atoms with Gasteiger partial charge in [-0.25, -0.2) is 14.5 Å². The molecule has 0 fully saturated rings. The summed E-state index contributed by atoms with van der Waals surface area (Å²) in [5, 5.41) is 14.0. The number of ketones is 1. The fourth-order valence-electron chi connectivity index (χ4n) is 3.61. The van der Waals surface area contributed by atoms with E-state index in [1.165, 1.54) is 6.20 Å². The van der Waals surface area contributed by atoms with Gasteiger partial charge in [-0.3, -0.25) is 4.79 Å². The second-order valence-electron chi connectivity index (χ2n) is 7.40. The second kappa shape index (κ2) is 8.86. The van der Waals surface area contributed by atoms with Gasteiger partial charge in [0.2, 0.25) is 5.78 Å². The van der Waals surface area contributed by atoms with Crippen molar-refractivity contribution in [3.63, 3.8) is 0 Å². The Balaban J connectivity index is 1.46. The summed E-state index contributed by atoms with van der Waals surface area (Å²) in [5.74, 6) is -0.343. The zero-order valence-corrected chi connectivity index (χ0v) is 17.8. The second-order valence-corrected chi connectivity index (χ2v) is 7.40. The summed E-state index contributed by atoms with van der Waals surface area (Å²) < 4.78 is 8.81. The zero-order valence-electron chi connectivity index (χ0n) is 17.8. The Morgan fingerprint density at radius 2 is 1.97 bits per heavy atom. The molecule has 0 saturated heterocycles. The number of pyridine rings is 1. The van der Waals surface area contributed by atoms with Gasteiger partial charge < -0.3 is 9.30 Å². The average Bonchev–Trinajstić information content (AvgIpc) is 3.35. The van der Waals surface area contributed by atoms with Crippen LogP contribution in [0.5, 0.6) is 0 Å². The summed E-state index contributed by atoms with van der Waals surface area (Å²) in [5.41, 5.74) is 3.38. The third-order valence-electron chi connectivity index (χ3n) is 5.10. The van der Waals surface area contributed by atoms with E-state index in [1.807, 2.05) is 48.7 Å². The highest BCUT2D eigenvalue weighted by atomic mass is 16.5. The minimum Gasteiger partial charge on any atom is -0.454 e. The molecule has 0 unspecified atom stereocenters. The molecule has 160 valence electrons. The van der Waals surface area contributed by atoms with Gasteiger partial charge in [0.25, 0.3) is 0 Å². The van der Waals surface area contributed by atoms with E-state index in [0.717, 1.165) is 22.3 Å². The topological polar surface area (TPSA) is 103 Å². The molecule has 1 aromatic carbocycles. The molecule has 0 bridgehead atoms. The summed E-state index contributed by atoms with van der Waals surface area (Å²) in [7, 11) is 0. The largest absolute Gasteiger partial charge is 0.454 e. The molecule has 0 N–H and O–H groups in total. The number of hydrogen-bond donors (Lipinski definition) is 0. The average molecular weight is 427 g/mol. The molecule has 0 aliphatic carbocycles. The van der Waals surface area contributed by atoms with Crippen molar-refractivity contribution in [3.05, 3.63) is 77.4 Å². The minimum atomic E-state index is -0.626. The van der Waals surface area contributed by atoms with E-state index in [0.29, 0.717) is 24.3 Å². The first-order chi connectivity index (χ1) is 15.5. The molecular weight excluding hydrogens is 406 g/mol. The highest BCUT2D eigenvalue weighted by molar-refractivity contribution is 6.09. The van der Waals surface area contributed by atoms with E-state index in [4.69, 9.17) is 10.00 Å². The Morgan fingerprint density at radius 3 is 2.66 bits per heavy atom. The van der Waals surface area contributed by atoms with Gasteiger partial charge in [-0.1, -0.05) is 18.2 Å². The maximum absolute atomic E-state index is 12.8. The normalized spacial score (nSPS) is 10.8. The number of Topliss-reactive ketones (excluding diaryl/α,β-unsaturated/α-hetero) is 1. The Hall–Kier alpha value is -4.25. The molecule has 0 spiro atoms. The molecule has 8 nitrogen and oxygen atoms in total. The van der Waals surface area contributed by atoms with Gasteiger partial charge in [0.1, 0.15) is 0 Å². The highest BCUT2D eigenvalue weighted by Gasteiger charge is 2.18. The SMILES string of the molecule is Cc1cc(C)n(-c2ccc(C(=O)OCC(=O)c3cn(CCC#N)c4ccccc34)cn2)n1. The van der Waals surface area contributed by atoms with Crippen LogP contribution in [-0.2, 0) is 11.3 Å². The van der Waals surface area contributed by atoms with E-state index in [-0.39, 0.29) is 18.0 Å². The Morgan fingerprint density at radius 1 is 1.16 bits per heavy atom. The number of benzene rings is 1. The number of esters is 1. The number of nitriles is 1. The van der Waals surface area contributed by atoms with Crippen molar-refractivity contribution >= 4 is 22.7 Å². The van der Waals surface area contributed by atoms with Gasteiger partial charge in [0, 0.05) is 41.1 Å². The van der Waals surface area contributed by atoms with Crippen molar-refractivity contribution in [1.29, 1.82) is 5.26 Å². The molecule has 0 radical (unpaired) electrons. The fraction of sp³-hybridized carbons (Fsp3) is 0.208. The van der Waals surface area contributed by atoms with Crippen molar-refractivity contribution in [3.8, 4) is 11.9 Å². The highest BCUT2D eigenvalue weighted by Crippen LogP contribution is 2.22. The van der Waals surface area contributed by atoms with Crippen molar-refractivity contribution in [2.45, 2.75) is 26.8 Å². The van der Waals surface area contributed by atoms with E-state index in [2.05, 4.69) is 16.2 Å². The number of ether oxygens (including phenoxy) is 1. The lowest BCUT2D eigenvalue weighted by Crippen LogP contribution is -2.14. The van der Waals surface area contributed by atoms with Crippen molar-refractivity contribution < 1.29 is 14.3 Å². The first-order valence-electron chi connectivity index (χ1n) is 10.1. The number of carbonyl (C=O) groups is 2. The van der Waals surface area contributed by atoms with Crippen LogP contribution < -0.4 is 0 Å². The number of para-hydroxylation sites is 1. The molecule has 0 atom stereocenters. The van der Waals surface area contributed by atoms with Crippen LogP contribution in [-0.4, -0.2) is 37.7 Å². The molecule has 0 saturated carbocycles. The summed E-state index contributed by atoms with van der Waals surface area (Å²) in [6.07, 6.45) is 3.46. The predicted octanol–water partition coefficient (Wildman–Crippen LogP) is 3.79. The third kappa shape index (κ3) is 4.14. The Labute approximate surface area is 184 Å². The standard InChI is InChI=1S/C24H21N5O3/c1-16-12-17(2)29(27-16)23-9-8-18(13-26-23)24(31)32-15-22(30)20-14-28(11-5-10-25)21-7-4-3-6-19(20)21/h3-4,6-9,12-14H,5,11,15H2,1-2H3. The Bertz CT molecular complexity index is 1340. The van der Waals surface area contributed by atoms with Crippen molar-refractivity contribution in [1.82, 2.24) is 19.3 Å². The lowest BCUT2D eigenvalue weighted by atomic mass is 10.1. The van der Waals surface area contributed by atoms with Crippen molar-refractivity contribution in [2.75, 3.05) is 6.61 Å². The molecule has 0 amide bonds. The lowest BCUT2D eigenvalue weighted by molar-refractivity contribution is 0.0474. The molecular formula is C24H21N5O3. The summed E-state index contributed by atoms with van der Waals surface area (Å²) in [6.45, 7) is 3.92. The van der Waals surface area contributed by atoms with E-state index in [1.54, 1.807) is 23.0 Å². The van der Waals surface area contributed by atoms with E-state index >= 15 is 0 Å². The van der Waals surface area contributed by atoms with Crippen LogP contribution >= 0.6 is 0 Å². The molecule has 8 heteroatoms. The monoisotopic (exact) mass is 427 g/mol. The van der Waals surface area contributed by atoms with Crippen LogP contribution in [0.25, 0.3) is 16.7 Å². The lowest BCUT2D eigenvalue weighted by Gasteiger charge is -2.06. The summed E-state index contributed by atoms with van der Waals surface area (Å²) in [6, 6.07) is 14.8. The van der Waals surface area contributed by atoms with Gasteiger partial charge in [-0.15, -0.1) is 0 Å². The molecule has 3 heterocycles. The summed E-state index contributed by atoms with van der Waals surface area (Å²) >= 11 is 0. The number of nitrogens with zero attached hydrogens (tertiary/aromatic N) is 5. The van der Waals surface area contributed by atoms with Crippen LogP contribution in [0.4, 0.5) is 0 Å². The zero-order chi connectivity index (χ0) is 22.7. The van der Waals surface area contributed by atoms with Crippen LogP contribution in [0.15, 0.2) is 54.9 Å². The number of hydrogen-bond acceptors (Lipinski definition) is 6. The molecule has 3 aromatic heterocycles. The molecule has 4 rings (SSSR count). The van der Waals surface area contributed by atoms with Gasteiger partial charge >= 0.3 is 5.97 Å². The number of carbonyl (C=O) groups excluding carboxylic acids is 2. The first-order valence-corrected chi connectivity index (χ1v) is 10.1. The third-order valence-corrected chi connectivity index (χ3v) is 5.10. The quantitative estimate of drug-likeness (QED) is 0.328. The van der Waals surface area contributed by atoms with E-state index in [9.17, 15) is 9.59 Å². The van der Waals surface area contributed by atoms with Crippen LogP contribution in [0, 0.1) is 25.2 Å². The minimum absolute atomic E-state index is 0.250. The number of aryl methyl sites for hydroxylation is 3. The van der Waals surface area contributed by atoms with Gasteiger partial charge in [0.05, 0.1) is 23.7 Å². The van der Waals surface area contributed by atoms with Crippen LogP contribution in [0.1, 0.15) is 38.5 Å². The van der Waals surface area contributed by atoms with Gasteiger partial charge in [0.15, 0.2) is 12.4 Å².